The standard InChI is InChI=1S/C16H12BrN3O3/c17-11-4-1-3-10(7-11)14(21)9-20-15(22)12(8-18)13-5-2-6-19(13)16(20)23/h1,3-4,7H,2,5-6,9H2. The minimum atomic E-state index is -0.686. The Labute approximate surface area is 139 Å². The van der Waals surface area contributed by atoms with Gasteiger partial charge in [0.15, 0.2) is 5.78 Å². The largest absolute Gasteiger partial charge is 0.331 e. The molecule has 1 aromatic carbocycles. The smallest absolute Gasteiger partial charge is 0.296 e. The molecule has 0 N–H and O–H groups in total. The average molecular weight is 374 g/mol. The van der Waals surface area contributed by atoms with Crippen molar-refractivity contribution in [3.05, 3.63) is 66.4 Å². The van der Waals surface area contributed by atoms with Crippen molar-refractivity contribution in [3.63, 3.8) is 0 Å². The molecule has 0 amide bonds. The molecule has 0 spiro atoms. The van der Waals surface area contributed by atoms with Gasteiger partial charge in [0.25, 0.3) is 5.56 Å². The first-order valence-electron chi connectivity index (χ1n) is 7.08. The molecule has 2 aromatic rings. The molecule has 0 saturated carbocycles. The number of aromatic nitrogens is 2. The van der Waals surface area contributed by atoms with Crippen molar-refractivity contribution in [2.24, 2.45) is 0 Å². The summed E-state index contributed by atoms with van der Waals surface area (Å²) in [5.41, 5.74) is -0.369. The van der Waals surface area contributed by atoms with Crippen LogP contribution in [0.25, 0.3) is 0 Å². The monoisotopic (exact) mass is 373 g/mol. The molecule has 0 fully saturated rings. The number of nitriles is 1. The van der Waals surface area contributed by atoms with Crippen LogP contribution in [-0.2, 0) is 19.5 Å². The maximum atomic E-state index is 12.4. The van der Waals surface area contributed by atoms with Gasteiger partial charge in [-0.25, -0.2) is 4.79 Å². The highest BCUT2D eigenvalue weighted by molar-refractivity contribution is 9.10. The number of carbonyl (C=O) groups excluding carboxylic acids is 1. The number of hydrogen-bond donors (Lipinski definition) is 0. The first kappa shape index (κ1) is 15.4. The SMILES string of the molecule is N#Cc1c2n(c(=O)n(CC(=O)c3cccc(Br)c3)c1=O)CCC2. The summed E-state index contributed by atoms with van der Waals surface area (Å²) in [4.78, 5) is 37.2. The van der Waals surface area contributed by atoms with Crippen LogP contribution in [0.1, 0.15) is 28.0 Å². The van der Waals surface area contributed by atoms with Gasteiger partial charge in [-0.15, -0.1) is 0 Å². The van der Waals surface area contributed by atoms with Crippen LogP contribution in [0.5, 0.6) is 0 Å². The molecule has 0 radical (unpaired) electrons. The van der Waals surface area contributed by atoms with Crippen molar-refractivity contribution in [3.8, 4) is 6.07 Å². The predicted molar refractivity (Wildman–Crippen MR) is 86.5 cm³/mol. The third kappa shape index (κ3) is 2.66. The third-order valence-corrected chi connectivity index (χ3v) is 4.38. The van der Waals surface area contributed by atoms with E-state index in [1.807, 2.05) is 6.07 Å². The lowest BCUT2D eigenvalue weighted by molar-refractivity contribution is 0.0968. The summed E-state index contributed by atoms with van der Waals surface area (Å²) in [7, 11) is 0. The Kier molecular flexibility index (Phi) is 4.01. The molecule has 23 heavy (non-hydrogen) atoms. The average Bonchev–Trinajstić information content (AvgIpc) is 3.01. The Hall–Kier alpha value is -2.46. The highest BCUT2D eigenvalue weighted by atomic mass is 79.9. The second-order valence-corrected chi connectivity index (χ2v) is 6.21. The molecule has 1 aliphatic heterocycles. The van der Waals surface area contributed by atoms with Crippen molar-refractivity contribution < 1.29 is 4.79 Å². The minimum absolute atomic E-state index is 0.0378. The van der Waals surface area contributed by atoms with Gasteiger partial charge >= 0.3 is 5.69 Å². The fourth-order valence-corrected chi connectivity index (χ4v) is 3.18. The Bertz CT molecular complexity index is 966. The maximum absolute atomic E-state index is 12.4. The van der Waals surface area contributed by atoms with E-state index in [1.54, 1.807) is 24.3 Å². The van der Waals surface area contributed by atoms with Gasteiger partial charge < -0.3 is 0 Å². The van der Waals surface area contributed by atoms with E-state index in [2.05, 4.69) is 15.9 Å². The fourth-order valence-electron chi connectivity index (χ4n) is 2.79. The molecule has 6 nitrogen and oxygen atoms in total. The van der Waals surface area contributed by atoms with E-state index >= 15 is 0 Å². The Balaban J connectivity index is 2.08. The first-order chi connectivity index (χ1) is 11.0. The lowest BCUT2D eigenvalue weighted by Crippen LogP contribution is -2.43. The molecule has 1 aromatic heterocycles. The van der Waals surface area contributed by atoms with E-state index in [9.17, 15) is 19.6 Å². The molecule has 0 bridgehead atoms. The molecule has 0 aliphatic carbocycles. The van der Waals surface area contributed by atoms with Crippen LogP contribution in [0.2, 0.25) is 0 Å². The van der Waals surface area contributed by atoms with Crippen LogP contribution in [0, 0.1) is 11.3 Å². The molecule has 7 heteroatoms. The van der Waals surface area contributed by atoms with E-state index in [0.717, 1.165) is 9.04 Å². The molecular formula is C16H12BrN3O3. The molecule has 3 rings (SSSR count). The summed E-state index contributed by atoms with van der Waals surface area (Å²) in [5, 5.41) is 9.22. The molecule has 0 atom stereocenters. The number of carbonyl (C=O) groups is 1. The molecule has 2 heterocycles. The Morgan fingerprint density at radius 1 is 1.35 bits per heavy atom. The van der Waals surface area contributed by atoms with Crippen LogP contribution < -0.4 is 11.2 Å². The zero-order valence-electron chi connectivity index (χ0n) is 12.1. The second-order valence-electron chi connectivity index (χ2n) is 5.30. The highest BCUT2D eigenvalue weighted by Crippen LogP contribution is 2.14. The summed E-state index contributed by atoms with van der Waals surface area (Å²) in [6.45, 7) is 0.0945. The zero-order chi connectivity index (χ0) is 16.6. The molecule has 1 aliphatic rings. The number of halogens is 1. The zero-order valence-corrected chi connectivity index (χ0v) is 13.7. The summed E-state index contributed by atoms with van der Waals surface area (Å²) >= 11 is 3.28. The number of hydrogen-bond acceptors (Lipinski definition) is 4. The van der Waals surface area contributed by atoms with Crippen molar-refractivity contribution in [1.82, 2.24) is 9.13 Å². The van der Waals surface area contributed by atoms with E-state index in [-0.39, 0.29) is 17.9 Å². The number of benzene rings is 1. The first-order valence-corrected chi connectivity index (χ1v) is 7.87. The third-order valence-electron chi connectivity index (χ3n) is 3.89. The van der Waals surface area contributed by atoms with E-state index in [1.165, 1.54) is 4.57 Å². The van der Waals surface area contributed by atoms with Gasteiger partial charge in [-0.1, -0.05) is 28.1 Å². The molecule has 0 unspecified atom stereocenters. The number of Topliss-reactive ketones (excluding diaryl/α,β-unsaturated/α-hetero) is 1. The van der Waals surface area contributed by atoms with Crippen molar-refractivity contribution in [2.45, 2.75) is 25.9 Å². The van der Waals surface area contributed by atoms with Gasteiger partial charge in [0, 0.05) is 22.3 Å². The molecular weight excluding hydrogens is 362 g/mol. The van der Waals surface area contributed by atoms with Gasteiger partial charge in [0.05, 0.1) is 6.54 Å². The van der Waals surface area contributed by atoms with Crippen LogP contribution in [0.15, 0.2) is 38.3 Å². The summed E-state index contributed by atoms with van der Waals surface area (Å²) in [6, 6.07) is 8.60. The topological polar surface area (TPSA) is 84.9 Å². The maximum Gasteiger partial charge on any atom is 0.331 e. The molecule has 0 saturated heterocycles. The lowest BCUT2D eigenvalue weighted by Gasteiger charge is -2.10. The van der Waals surface area contributed by atoms with Gasteiger partial charge in [0.2, 0.25) is 0 Å². The van der Waals surface area contributed by atoms with E-state index in [4.69, 9.17) is 0 Å². The number of ketones is 1. The van der Waals surface area contributed by atoms with Gasteiger partial charge in [-0.05, 0) is 25.0 Å². The summed E-state index contributed by atoms with van der Waals surface area (Å²) in [5.74, 6) is -0.354. The lowest BCUT2D eigenvalue weighted by atomic mass is 10.1. The van der Waals surface area contributed by atoms with E-state index in [0.29, 0.717) is 30.6 Å². The molecule has 116 valence electrons. The van der Waals surface area contributed by atoms with E-state index < -0.39 is 11.2 Å². The van der Waals surface area contributed by atoms with Crippen LogP contribution in [0.3, 0.4) is 0 Å². The van der Waals surface area contributed by atoms with Gasteiger partial charge in [0.1, 0.15) is 11.6 Å². The Morgan fingerprint density at radius 2 is 2.13 bits per heavy atom. The van der Waals surface area contributed by atoms with Crippen molar-refractivity contribution in [2.75, 3.05) is 0 Å². The van der Waals surface area contributed by atoms with Gasteiger partial charge in [-0.3, -0.25) is 18.7 Å². The van der Waals surface area contributed by atoms with Crippen molar-refractivity contribution >= 4 is 21.7 Å². The van der Waals surface area contributed by atoms with Crippen molar-refractivity contribution in [1.29, 1.82) is 5.26 Å². The number of nitrogens with zero attached hydrogens (tertiary/aromatic N) is 3. The Morgan fingerprint density at radius 3 is 2.83 bits per heavy atom. The predicted octanol–water partition coefficient (Wildman–Crippen LogP) is 1.47. The fraction of sp³-hybridized carbons (Fsp3) is 0.250. The summed E-state index contributed by atoms with van der Waals surface area (Å²) < 4.78 is 3.02. The normalized spacial score (nSPS) is 12.7. The van der Waals surface area contributed by atoms with Crippen LogP contribution in [-0.4, -0.2) is 14.9 Å². The van der Waals surface area contributed by atoms with Gasteiger partial charge in [-0.2, -0.15) is 5.26 Å². The highest BCUT2D eigenvalue weighted by Gasteiger charge is 2.23. The summed E-state index contributed by atoms with van der Waals surface area (Å²) in [6.07, 6.45) is 1.25. The van der Waals surface area contributed by atoms with Crippen LogP contribution >= 0.6 is 15.9 Å². The number of rotatable bonds is 3. The quantitative estimate of drug-likeness (QED) is 0.762. The van der Waals surface area contributed by atoms with Crippen LogP contribution in [0.4, 0.5) is 0 Å². The second kappa shape index (κ2) is 5.97. The number of fused-ring (bicyclic) bond motifs is 1. The minimum Gasteiger partial charge on any atom is -0.296 e.